The van der Waals surface area contributed by atoms with Gasteiger partial charge in [-0.25, -0.2) is 4.79 Å². The van der Waals surface area contributed by atoms with Crippen molar-refractivity contribution in [3.05, 3.63) is 46.8 Å². The molecule has 0 radical (unpaired) electrons. The second-order valence-corrected chi connectivity index (χ2v) is 7.59. The first-order valence-corrected chi connectivity index (χ1v) is 8.40. The highest BCUT2D eigenvalue weighted by Gasteiger charge is 2.08. The molecule has 0 spiro atoms. The maximum Gasteiger partial charge on any atom is 0.323 e. The average Bonchev–Trinajstić information content (AvgIpc) is 2.89. The first kappa shape index (κ1) is 14.2. The fourth-order valence-corrected chi connectivity index (χ4v) is 4.07. The second-order valence-electron chi connectivity index (χ2n) is 4.14. The number of thiophene rings is 1. The standard InChI is InChI=1S/C12H8Br2ClN3OS/c13-6-2-9-10(18-12(19)17-9)3-8(6)16-4-5-1-7(14)11(15)20-5/h1-3,16H,4H2,(H2,17,18,19). The van der Waals surface area contributed by atoms with Crippen molar-refractivity contribution in [1.82, 2.24) is 9.97 Å². The molecule has 0 fully saturated rings. The summed E-state index contributed by atoms with van der Waals surface area (Å²) in [5.74, 6) is 0. The molecule has 0 aliphatic heterocycles. The third-order valence-corrected chi connectivity index (χ3v) is 5.88. The van der Waals surface area contributed by atoms with Gasteiger partial charge in [0.25, 0.3) is 0 Å². The van der Waals surface area contributed by atoms with Gasteiger partial charge in [-0.1, -0.05) is 11.6 Å². The smallest absolute Gasteiger partial charge is 0.323 e. The van der Waals surface area contributed by atoms with Crippen molar-refractivity contribution >= 4 is 71.5 Å². The van der Waals surface area contributed by atoms with Crippen molar-refractivity contribution in [2.24, 2.45) is 0 Å². The fourth-order valence-electron chi connectivity index (χ4n) is 1.85. The number of nitrogens with one attached hydrogen (secondary N) is 3. The maximum absolute atomic E-state index is 11.3. The van der Waals surface area contributed by atoms with E-state index in [4.69, 9.17) is 11.6 Å². The molecule has 4 nitrogen and oxygen atoms in total. The molecule has 0 amide bonds. The number of H-pyrrole nitrogens is 2. The van der Waals surface area contributed by atoms with Crippen molar-refractivity contribution in [3.63, 3.8) is 0 Å². The Morgan fingerprint density at radius 3 is 2.50 bits per heavy atom. The third-order valence-electron chi connectivity index (χ3n) is 2.75. The average molecular weight is 438 g/mol. The van der Waals surface area contributed by atoms with E-state index in [0.717, 1.165) is 34.9 Å². The molecule has 3 aromatic rings. The minimum atomic E-state index is -0.210. The monoisotopic (exact) mass is 435 g/mol. The lowest BCUT2D eigenvalue weighted by Crippen LogP contribution is -1.99. The number of hydrogen-bond acceptors (Lipinski definition) is 3. The van der Waals surface area contributed by atoms with Crippen LogP contribution in [0.25, 0.3) is 11.0 Å². The fraction of sp³-hybridized carbons (Fsp3) is 0.0833. The van der Waals surface area contributed by atoms with Crippen LogP contribution in [0.4, 0.5) is 5.69 Å². The van der Waals surface area contributed by atoms with E-state index in [1.54, 1.807) is 0 Å². The van der Waals surface area contributed by atoms with Crippen LogP contribution in [0.3, 0.4) is 0 Å². The summed E-state index contributed by atoms with van der Waals surface area (Å²) in [7, 11) is 0. The molecule has 0 atom stereocenters. The lowest BCUT2D eigenvalue weighted by Gasteiger charge is -2.07. The van der Waals surface area contributed by atoms with Crippen LogP contribution in [0.2, 0.25) is 4.34 Å². The molecule has 0 aliphatic rings. The van der Waals surface area contributed by atoms with E-state index >= 15 is 0 Å². The van der Waals surface area contributed by atoms with Gasteiger partial charge in [-0.2, -0.15) is 0 Å². The Hall–Kier alpha value is -0.760. The zero-order chi connectivity index (χ0) is 14.3. The molecule has 104 valence electrons. The molecule has 2 aromatic heterocycles. The van der Waals surface area contributed by atoms with Gasteiger partial charge in [0.2, 0.25) is 0 Å². The number of hydrogen-bond donors (Lipinski definition) is 3. The van der Waals surface area contributed by atoms with Gasteiger partial charge in [0.05, 0.1) is 16.7 Å². The van der Waals surface area contributed by atoms with E-state index in [2.05, 4.69) is 47.1 Å². The van der Waals surface area contributed by atoms with Gasteiger partial charge in [-0.15, -0.1) is 11.3 Å². The van der Waals surface area contributed by atoms with E-state index in [9.17, 15) is 4.79 Å². The third kappa shape index (κ3) is 2.81. The van der Waals surface area contributed by atoms with E-state index in [1.165, 1.54) is 11.3 Å². The van der Waals surface area contributed by atoms with Crippen molar-refractivity contribution < 1.29 is 0 Å². The van der Waals surface area contributed by atoms with E-state index < -0.39 is 0 Å². The normalized spacial score (nSPS) is 11.2. The highest BCUT2D eigenvalue weighted by atomic mass is 79.9. The minimum Gasteiger partial charge on any atom is -0.379 e. The number of aromatic amines is 2. The molecule has 0 bridgehead atoms. The largest absolute Gasteiger partial charge is 0.379 e. The molecule has 3 rings (SSSR count). The second kappa shape index (κ2) is 5.55. The molecular formula is C12H8Br2ClN3OS. The number of imidazole rings is 1. The molecule has 0 saturated heterocycles. The summed E-state index contributed by atoms with van der Waals surface area (Å²) in [6.45, 7) is 0.661. The van der Waals surface area contributed by atoms with Crippen LogP contribution in [-0.2, 0) is 6.54 Å². The first-order valence-electron chi connectivity index (χ1n) is 5.62. The summed E-state index contributed by atoms with van der Waals surface area (Å²) in [6, 6.07) is 5.75. The molecule has 0 unspecified atom stereocenters. The Morgan fingerprint density at radius 2 is 1.85 bits per heavy atom. The lowest BCUT2D eigenvalue weighted by molar-refractivity contribution is 1.19. The van der Waals surface area contributed by atoms with Crippen LogP contribution in [0.15, 0.2) is 31.9 Å². The Morgan fingerprint density at radius 1 is 1.15 bits per heavy atom. The Bertz CT molecular complexity index is 819. The predicted molar refractivity (Wildman–Crippen MR) is 91.0 cm³/mol. The summed E-state index contributed by atoms with van der Waals surface area (Å²) < 4.78 is 2.54. The Labute approximate surface area is 139 Å². The Kier molecular flexibility index (Phi) is 3.94. The van der Waals surface area contributed by atoms with Gasteiger partial charge < -0.3 is 15.3 Å². The quantitative estimate of drug-likeness (QED) is 0.556. The summed E-state index contributed by atoms with van der Waals surface area (Å²) in [5, 5.41) is 3.32. The highest BCUT2D eigenvalue weighted by molar-refractivity contribution is 9.11. The van der Waals surface area contributed by atoms with Gasteiger partial charge >= 0.3 is 5.69 Å². The number of halogens is 3. The maximum atomic E-state index is 11.3. The first-order chi connectivity index (χ1) is 9.52. The number of aromatic nitrogens is 2. The van der Waals surface area contributed by atoms with Crippen LogP contribution >= 0.6 is 54.8 Å². The van der Waals surface area contributed by atoms with Crippen LogP contribution < -0.4 is 11.0 Å². The SMILES string of the molecule is O=c1[nH]c2cc(Br)c(NCc3cc(Br)c(Cl)s3)cc2[nH]1. The van der Waals surface area contributed by atoms with Gasteiger partial charge in [0, 0.05) is 20.4 Å². The van der Waals surface area contributed by atoms with Crippen LogP contribution in [-0.4, -0.2) is 9.97 Å². The summed E-state index contributed by atoms with van der Waals surface area (Å²) >= 11 is 14.4. The molecular weight excluding hydrogens is 429 g/mol. The highest BCUT2D eigenvalue weighted by Crippen LogP contribution is 2.33. The lowest BCUT2D eigenvalue weighted by atomic mass is 10.2. The van der Waals surface area contributed by atoms with E-state index in [1.807, 2.05) is 18.2 Å². The molecule has 20 heavy (non-hydrogen) atoms. The minimum absolute atomic E-state index is 0.210. The molecule has 2 heterocycles. The van der Waals surface area contributed by atoms with Gasteiger partial charge in [0.15, 0.2) is 0 Å². The topological polar surface area (TPSA) is 60.7 Å². The Balaban J connectivity index is 1.86. The van der Waals surface area contributed by atoms with Gasteiger partial charge in [-0.3, -0.25) is 0 Å². The van der Waals surface area contributed by atoms with Crippen molar-refractivity contribution in [1.29, 1.82) is 0 Å². The van der Waals surface area contributed by atoms with Gasteiger partial charge in [-0.05, 0) is 50.1 Å². The predicted octanol–water partition coefficient (Wildman–Crippen LogP) is 4.71. The zero-order valence-corrected chi connectivity index (χ0v) is 14.6. The molecule has 1 aromatic carbocycles. The summed E-state index contributed by atoms with van der Waals surface area (Å²) in [6.07, 6.45) is 0. The number of benzene rings is 1. The van der Waals surface area contributed by atoms with Crippen molar-refractivity contribution in [2.45, 2.75) is 6.54 Å². The summed E-state index contributed by atoms with van der Waals surface area (Å²) in [4.78, 5) is 17.8. The van der Waals surface area contributed by atoms with Crippen molar-refractivity contribution in [2.75, 3.05) is 5.32 Å². The van der Waals surface area contributed by atoms with E-state index in [-0.39, 0.29) is 5.69 Å². The van der Waals surface area contributed by atoms with Crippen molar-refractivity contribution in [3.8, 4) is 0 Å². The molecule has 8 heteroatoms. The number of rotatable bonds is 3. The zero-order valence-electron chi connectivity index (χ0n) is 9.89. The molecule has 0 aliphatic carbocycles. The van der Waals surface area contributed by atoms with Crippen LogP contribution in [0.1, 0.15) is 4.88 Å². The molecule has 0 saturated carbocycles. The molecule has 3 N–H and O–H groups in total. The van der Waals surface area contributed by atoms with E-state index in [0.29, 0.717) is 6.54 Å². The van der Waals surface area contributed by atoms with Gasteiger partial charge in [0.1, 0.15) is 4.34 Å². The van der Waals surface area contributed by atoms with Crippen LogP contribution in [0, 0.1) is 0 Å². The number of fused-ring (bicyclic) bond motifs is 1. The summed E-state index contributed by atoms with van der Waals surface area (Å²) in [5.41, 5.74) is 2.24. The van der Waals surface area contributed by atoms with Crippen LogP contribution in [0.5, 0.6) is 0 Å². The number of anilines is 1.